The predicted octanol–water partition coefficient (Wildman–Crippen LogP) is 6.23. The topological polar surface area (TPSA) is 65.0 Å². The van der Waals surface area contributed by atoms with Crippen molar-refractivity contribution in [3.63, 3.8) is 0 Å². The molecular formula is C31H34O5. The van der Waals surface area contributed by atoms with Crippen LogP contribution in [0.2, 0.25) is 0 Å². The Morgan fingerprint density at radius 1 is 0.972 bits per heavy atom. The zero-order valence-electron chi connectivity index (χ0n) is 21.3. The van der Waals surface area contributed by atoms with Crippen molar-refractivity contribution in [3.05, 3.63) is 82.9 Å². The van der Waals surface area contributed by atoms with Gasteiger partial charge >= 0.3 is 5.97 Å². The van der Waals surface area contributed by atoms with Crippen molar-refractivity contribution in [2.45, 2.75) is 40.2 Å². The van der Waals surface area contributed by atoms with Crippen molar-refractivity contribution < 1.29 is 24.1 Å². The van der Waals surface area contributed by atoms with Gasteiger partial charge in [-0.3, -0.25) is 4.79 Å². The Morgan fingerprint density at radius 3 is 2.36 bits per heavy atom. The summed E-state index contributed by atoms with van der Waals surface area (Å²) < 4.78 is 17.6. The lowest BCUT2D eigenvalue weighted by atomic mass is 9.90. The number of hydrogen-bond donors (Lipinski definition) is 1. The van der Waals surface area contributed by atoms with E-state index in [9.17, 15) is 4.79 Å². The molecule has 1 saturated heterocycles. The molecule has 0 radical (unpaired) electrons. The summed E-state index contributed by atoms with van der Waals surface area (Å²) >= 11 is 0. The Kier molecular flexibility index (Phi) is 6.76. The van der Waals surface area contributed by atoms with Crippen LogP contribution in [0.25, 0.3) is 11.1 Å². The third-order valence-electron chi connectivity index (χ3n) is 7.25. The van der Waals surface area contributed by atoms with Crippen LogP contribution in [0.4, 0.5) is 0 Å². The van der Waals surface area contributed by atoms with Gasteiger partial charge in [-0.1, -0.05) is 37.3 Å². The summed E-state index contributed by atoms with van der Waals surface area (Å²) in [5, 5.41) is 9.15. The van der Waals surface area contributed by atoms with Crippen LogP contribution in [-0.4, -0.2) is 30.9 Å². The molecule has 1 unspecified atom stereocenters. The number of benzene rings is 3. The predicted molar refractivity (Wildman–Crippen MR) is 139 cm³/mol. The van der Waals surface area contributed by atoms with Crippen LogP contribution in [0.5, 0.6) is 11.5 Å². The maximum absolute atomic E-state index is 11.1. The zero-order valence-corrected chi connectivity index (χ0v) is 21.3. The fourth-order valence-electron chi connectivity index (χ4n) is 5.08. The first kappa shape index (κ1) is 24.4. The molecule has 36 heavy (non-hydrogen) atoms. The average molecular weight is 487 g/mol. The minimum Gasteiger partial charge on any atom is -0.493 e. The van der Waals surface area contributed by atoms with E-state index in [4.69, 9.17) is 19.3 Å². The van der Waals surface area contributed by atoms with Crippen LogP contribution in [0.15, 0.2) is 60.7 Å². The molecule has 2 fully saturated rings. The minimum absolute atomic E-state index is 0.118. The highest BCUT2D eigenvalue weighted by atomic mass is 16.5. The van der Waals surface area contributed by atoms with E-state index in [0.717, 1.165) is 48.7 Å². The number of rotatable bonds is 10. The van der Waals surface area contributed by atoms with Crippen LogP contribution >= 0.6 is 0 Å². The van der Waals surface area contributed by atoms with Gasteiger partial charge in [0.25, 0.3) is 0 Å². The number of aliphatic carboxylic acids is 1. The first-order valence-electron chi connectivity index (χ1n) is 12.7. The van der Waals surface area contributed by atoms with E-state index in [0.29, 0.717) is 13.2 Å². The fraction of sp³-hybridized carbons (Fsp3) is 0.387. The summed E-state index contributed by atoms with van der Waals surface area (Å²) in [4.78, 5) is 11.1. The molecule has 2 aliphatic rings. The van der Waals surface area contributed by atoms with E-state index in [1.165, 1.54) is 22.3 Å². The molecule has 3 aromatic carbocycles. The Morgan fingerprint density at radius 2 is 1.69 bits per heavy atom. The second-order valence-electron chi connectivity index (χ2n) is 10.8. The van der Waals surface area contributed by atoms with Gasteiger partial charge in [0, 0.05) is 5.41 Å². The van der Waals surface area contributed by atoms with E-state index in [2.05, 4.69) is 57.2 Å². The summed E-state index contributed by atoms with van der Waals surface area (Å²) in [6, 6.07) is 20.7. The summed E-state index contributed by atoms with van der Waals surface area (Å²) in [6.45, 7) is 9.11. The molecule has 5 heteroatoms. The molecule has 1 heterocycles. The van der Waals surface area contributed by atoms with E-state index in [1.54, 1.807) is 0 Å². The molecule has 1 N–H and O–H groups in total. The SMILES string of the molecule is Cc1cc(OCC2(C)COC2)cc(C)c1-c1cccc(COc2cccc(C[C@@H]3CC3C(=O)O)c2)c1. The lowest BCUT2D eigenvalue weighted by Gasteiger charge is -2.37. The van der Waals surface area contributed by atoms with Crippen molar-refractivity contribution in [2.75, 3.05) is 19.8 Å². The Bertz CT molecular complexity index is 1240. The third-order valence-corrected chi connectivity index (χ3v) is 7.25. The largest absolute Gasteiger partial charge is 0.493 e. The fourth-order valence-corrected chi connectivity index (χ4v) is 5.08. The highest BCUT2D eigenvalue weighted by molar-refractivity contribution is 5.73. The zero-order chi connectivity index (χ0) is 25.3. The molecule has 188 valence electrons. The van der Waals surface area contributed by atoms with E-state index in [-0.39, 0.29) is 17.3 Å². The first-order valence-corrected chi connectivity index (χ1v) is 12.7. The monoisotopic (exact) mass is 486 g/mol. The summed E-state index contributed by atoms with van der Waals surface area (Å²) in [5.41, 5.74) is 7.11. The van der Waals surface area contributed by atoms with Crippen LogP contribution in [0.3, 0.4) is 0 Å². The average Bonchev–Trinajstić information content (AvgIpc) is 3.60. The molecule has 0 bridgehead atoms. The Hall–Kier alpha value is -3.31. The maximum Gasteiger partial charge on any atom is 0.306 e. The first-order chi connectivity index (χ1) is 17.3. The van der Waals surface area contributed by atoms with E-state index in [1.807, 2.05) is 24.3 Å². The molecule has 1 saturated carbocycles. The molecule has 3 aromatic rings. The molecule has 5 rings (SSSR count). The van der Waals surface area contributed by atoms with E-state index < -0.39 is 5.97 Å². The molecule has 2 atom stereocenters. The number of carbonyl (C=O) groups is 1. The highest BCUT2D eigenvalue weighted by Gasteiger charge is 2.42. The molecule has 0 amide bonds. The van der Waals surface area contributed by atoms with Gasteiger partial charge in [-0.15, -0.1) is 0 Å². The quantitative estimate of drug-likeness (QED) is 0.368. The highest BCUT2D eigenvalue weighted by Crippen LogP contribution is 2.41. The molecule has 0 spiro atoms. The van der Waals surface area contributed by atoms with Crippen molar-refractivity contribution >= 4 is 5.97 Å². The van der Waals surface area contributed by atoms with Gasteiger partial charge in [-0.2, -0.15) is 0 Å². The van der Waals surface area contributed by atoms with Gasteiger partial charge in [0.05, 0.1) is 25.7 Å². The Labute approximate surface area is 213 Å². The normalized spacial score (nSPS) is 19.9. The lowest BCUT2D eigenvalue weighted by Crippen LogP contribution is -2.44. The smallest absolute Gasteiger partial charge is 0.306 e. The van der Waals surface area contributed by atoms with Gasteiger partial charge in [0.2, 0.25) is 0 Å². The second kappa shape index (κ2) is 9.98. The summed E-state index contributed by atoms with van der Waals surface area (Å²) in [6.07, 6.45) is 1.56. The van der Waals surface area contributed by atoms with Crippen LogP contribution in [-0.2, 0) is 22.6 Å². The Balaban J connectivity index is 1.24. The molecular weight excluding hydrogens is 452 g/mol. The standard InChI is InChI=1S/C31H34O5/c1-20-10-27(36-19-31(3)17-34-18-31)11-21(2)29(20)24-8-4-7-23(13-24)16-35-26-9-5-6-22(14-26)12-25-15-28(25)30(32)33/h4-11,13-14,25,28H,12,15-19H2,1-3H3,(H,32,33)/t25-,28?/m1/s1. The van der Waals surface area contributed by atoms with Gasteiger partial charge in [-0.05, 0) is 96.3 Å². The van der Waals surface area contributed by atoms with Gasteiger partial charge < -0.3 is 19.3 Å². The molecule has 1 aliphatic carbocycles. The van der Waals surface area contributed by atoms with Crippen LogP contribution < -0.4 is 9.47 Å². The van der Waals surface area contributed by atoms with Gasteiger partial charge in [0.1, 0.15) is 18.1 Å². The molecule has 0 aromatic heterocycles. The number of carboxylic acid groups (broad SMARTS) is 1. The minimum atomic E-state index is -0.682. The maximum atomic E-state index is 11.1. The number of ether oxygens (including phenoxy) is 3. The van der Waals surface area contributed by atoms with Crippen molar-refractivity contribution in [3.8, 4) is 22.6 Å². The van der Waals surface area contributed by atoms with Crippen LogP contribution in [0, 0.1) is 31.1 Å². The van der Waals surface area contributed by atoms with E-state index >= 15 is 0 Å². The number of aryl methyl sites for hydroxylation is 2. The lowest BCUT2D eigenvalue weighted by molar-refractivity contribution is -0.138. The third kappa shape index (κ3) is 5.57. The van der Waals surface area contributed by atoms with Crippen molar-refractivity contribution in [1.29, 1.82) is 0 Å². The van der Waals surface area contributed by atoms with Crippen LogP contribution in [0.1, 0.15) is 35.6 Å². The summed E-state index contributed by atoms with van der Waals surface area (Å²) in [5.74, 6) is 1.09. The molecule has 1 aliphatic heterocycles. The molecule has 5 nitrogen and oxygen atoms in total. The van der Waals surface area contributed by atoms with Crippen molar-refractivity contribution in [2.24, 2.45) is 17.3 Å². The second-order valence-corrected chi connectivity index (χ2v) is 10.8. The van der Waals surface area contributed by atoms with Gasteiger partial charge in [0.15, 0.2) is 0 Å². The number of carboxylic acids is 1. The van der Waals surface area contributed by atoms with Gasteiger partial charge in [-0.25, -0.2) is 0 Å². The summed E-state index contributed by atoms with van der Waals surface area (Å²) in [7, 11) is 0. The van der Waals surface area contributed by atoms with Crippen molar-refractivity contribution in [1.82, 2.24) is 0 Å². The number of hydrogen-bond acceptors (Lipinski definition) is 4.